The van der Waals surface area contributed by atoms with E-state index in [2.05, 4.69) is 5.32 Å². The highest BCUT2D eigenvalue weighted by molar-refractivity contribution is 5.46. The zero-order valence-corrected chi connectivity index (χ0v) is 6.34. The van der Waals surface area contributed by atoms with E-state index in [0.717, 1.165) is 19.5 Å². The number of likely N-dealkylation sites (N-methyl/N-ethyl adjacent to an activating group) is 1. The predicted octanol–water partition coefficient (Wildman–Crippen LogP) is -0.173. The van der Waals surface area contributed by atoms with Gasteiger partial charge >= 0.3 is 0 Å². The van der Waals surface area contributed by atoms with Gasteiger partial charge in [0.15, 0.2) is 0 Å². The van der Waals surface area contributed by atoms with Crippen molar-refractivity contribution in [2.45, 2.75) is 18.9 Å². The minimum atomic E-state index is 0.537. The molecule has 10 heavy (non-hydrogen) atoms. The van der Waals surface area contributed by atoms with Gasteiger partial charge in [-0.2, -0.15) is 0 Å². The third-order valence-electron chi connectivity index (χ3n) is 1.85. The first-order valence-corrected chi connectivity index (χ1v) is 3.72. The predicted molar refractivity (Wildman–Crippen MR) is 39.7 cm³/mol. The van der Waals surface area contributed by atoms with Crippen LogP contribution in [0.4, 0.5) is 0 Å². The minimum absolute atomic E-state index is 0.537. The van der Waals surface area contributed by atoms with E-state index in [4.69, 9.17) is 0 Å². The largest absolute Gasteiger partial charge is 0.347 e. The van der Waals surface area contributed by atoms with E-state index in [1.54, 1.807) is 4.90 Å². The van der Waals surface area contributed by atoms with Crippen molar-refractivity contribution in [3.63, 3.8) is 0 Å². The van der Waals surface area contributed by atoms with E-state index >= 15 is 0 Å². The Morgan fingerprint density at radius 1 is 1.80 bits per heavy atom. The van der Waals surface area contributed by atoms with E-state index in [9.17, 15) is 4.79 Å². The van der Waals surface area contributed by atoms with Gasteiger partial charge in [0.05, 0.1) is 0 Å². The van der Waals surface area contributed by atoms with Gasteiger partial charge in [-0.3, -0.25) is 4.79 Å². The number of carbonyl (C=O) groups excluding carboxylic acids is 1. The van der Waals surface area contributed by atoms with Crippen LogP contribution in [0, 0.1) is 0 Å². The van der Waals surface area contributed by atoms with Crippen molar-refractivity contribution in [1.29, 1.82) is 0 Å². The second kappa shape index (κ2) is 3.56. The maximum Gasteiger partial charge on any atom is 0.209 e. The molecule has 1 aliphatic heterocycles. The van der Waals surface area contributed by atoms with Crippen LogP contribution in [0.3, 0.4) is 0 Å². The lowest BCUT2D eigenvalue weighted by atomic mass is 10.2. The third kappa shape index (κ3) is 1.99. The van der Waals surface area contributed by atoms with Gasteiger partial charge in [-0.05, 0) is 19.4 Å². The zero-order valence-electron chi connectivity index (χ0n) is 6.34. The maximum atomic E-state index is 10.2. The Hall–Kier alpha value is -0.570. The van der Waals surface area contributed by atoms with Crippen LogP contribution >= 0.6 is 0 Å². The number of nitrogens with one attached hydrogen (secondary N) is 1. The highest BCUT2D eigenvalue weighted by atomic mass is 16.1. The van der Waals surface area contributed by atoms with Crippen molar-refractivity contribution >= 4 is 6.41 Å². The summed E-state index contributed by atoms with van der Waals surface area (Å²) in [6.07, 6.45) is 3.33. The van der Waals surface area contributed by atoms with Crippen LogP contribution in [-0.4, -0.2) is 37.5 Å². The van der Waals surface area contributed by atoms with E-state index in [0.29, 0.717) is 6.04 Å². The molecule has 1 N–H and O–H groups in total. The fourth-order valence-corrected chi connectivity index (χ4v) is 1.30. The molecule has 1 fully saturated rings. The van der Waals surface area contributed by atoms with Crippen LogP contribution in [0.2, 0.25) is 0 Å². The monoisotopic (exact) mass is 142 g/mol. The average Bonchev–Trinajstić information content (AvgIpc) is 2.40. The van der Waals surface area contributed by atoms with Crippen LogP contribution in [0.1, 0.15) is 12.8 Å². The zero-order chi connectivity index (χ0) is 7.40. The average molecular weight is 142 g/mol. The molecule has 1 aliphatic rings. The molecule has 1 saturated heterocycles. The molecule has 3 nitrogen and oxygen atoms in total. The van der Waals surface area contributed by atoms with Crippen LogP contribution in [0.15, 0.2) is 0 Å². The van der Waals surface area contributed by atoms with Crippen molar-refractivity contribution in [2.75, 3.05) is 20.1 Å². The first-order valence-electron chi connectivity index (χ1n) is 3.72. The van der Waals surface area contributed by atoms with Crippen LogP contribution < -0.4 is 5.32 Å². The Morgan fingerprint density at radius 2 is 2.60 bits per heavy atom. The number of rotatable bonds is 3. The molecule has 1 atom stereocenters. The van der Waals surface area contributed by atoms with E-state index in [1.807, 2.05) is 7.05 Å². The molecule has 1 heterocycles. The highest BCUT2D eigenvalue weighted by Gasteiger charge is 2.14. The summed E-state index contributed by atoms with van der Waals surface area (Å²) in [5.74, 6) is 0. The van der Waals surface area contributed by atoms with Gasteiger partial charge in [-0.25, -0.2) is 0 Å². The van der Waals surface area contributed by atoms with Gasteiger partial charge in [-0.1, -0.05) is 0 Å². The molecule has 0 bridgehead atoms. The van der Waals surface area contributed by atoms with E-state index in [-0.39, 0.29) is 0 Å². The molecule has 1 amide bonds. The summed E-state index contributed by atoms with van der Waals surface area (Å²) in [4.78, 5) is 11.9. The van der Waals surface area contributed by atoms with Gasteiger partial charge < -0.3 is 10.2 Å². The molecular formula is C7H14N2O. The molecule has 0 radical (unpaired) electrons. The first kappa shape index (κ1) is 7.54. The summed E-state index contributed by atoms with van der Waals surface area (Å²) in [6, 6.07) is 0.537. The Bertz CT molecular complexity index is 110. The standard InChI is InChI=1S/C7H14N2O/c1-9(6-10)5-7-3-2-4-8-7/h6-8H,2-5H2,1H3. The molecule has 0 spiro atoms. The molecule has 3 heteroatoms. The van der Waals surface area contributed by atoms with Crippen LogP contribution in [0.5, 0.6) is 0 Å². The molecule has 0 aliphatic carbocycles. The number of carbonyl (C=O) groups is 1. The fourth-order valence-electron chi connectivity index (χ4n) is 1.30. The van der Waals surface area contributed by atoms with Gasteiger partial charge in [0.1, 0.15) is 0 Å². The Labute approximate surface area is 61.4 Å². The van der Waals surface area contributed by atoms with Crippen LogP contribution in [0.25, 0.3) is 0 Å². The summed E-state index contributed by atoms with van der Waals surface area (Å²) < 4.78 is 0. The number of hydrogen-bond acceptors (Lipinski definition) is 2. The normalized spacial score (nSPS) is 24.7. The lowest BCUT2D eigenvalue weighted by Crippen LogP contribution is -2.34. The molecule has 0 aromatic heterocycles. The quantitative estimate of drug-likeness (QED) is 0.555. The second-order valence-electron chi connectivity index (χ2n) is 2.84. The summed E-state index contributed by atoms with van der Waals surface area (Å²) in [5, 5.41) is 3.32. The van der Waals surface area contributed by atoms with Crippen molar-refractivity contribution in [2.24, 2.45) is 0 Å². The van der Waals surface area contributed by atoms with Crippen LogP contribution in [-0.2, 0) is 4.79 Å². The Kier molecular flexibility index (Phi) is 2.68. The minimum Gasteiger partial charge on any atom is -0.347 e. The van der Waals surface area contributed by atoms with Gasteiger partial charge in [0, 0.05) is 19.6 Å². The molecule has 0 aromatic rings. The summed E-state index contributed by atoms with van der Waals surface area (Å²) in [7, 11) is 1.81. The highest BCUT2D eigenvalue weighted by Crippen LogP contribution is 2.04. The topological polar surface area (TPSA) is 32.3 Å². The Balaban J connectivity index is 2.17. The summed E-state index contributed by atoms with van der Waals surface area (Å²) in [5.41, 5.74) is 0. The van der Waals surface area contributed by atoms with Crippen molar-refractivity contribution in [3.8, 4) is 0 Å². The molecule has 1 unspecified atom stereocenters. The molecule has 1 rings (SSSR count). The number of amides is 1. The lowest BCUT2D eigenvalue weighted by molar-refractivity contribution is -0.117. The van der Waals surface area contributed by atoms with Crippen molar-refractivity contribution in [3.05, 3.63) is 0 Å². The first-order chi connectivity index (χ1) is 4.83. The van der Waals surface area contributed by atoms with E-state index in [1.165, 1.54) is 12.8 Å². The second-order valence-corrected chi connectivity index (χ2v) is 2.84. The fraction of sp³-hybridized carbons (Fsp3) is 0.857. The SMILES string of the molecule is CN(C=O)CC1CCCN1. The van der Waals surface area contributed by atoms with E-state index < -0.39 is 0 Å². The lowest BCUT2D eigenvalue weighted by Gasteiger charge is -2.15. The molecular weight excluding hydrogens is 128 g/mol. The molecule has 0 saturated carbocycles. The number of hydrogen-bond donors (Lipinski definition) is 1. The molecule has 58 valence electrons. The molecule has 0 aromatic carbocycles. The summed E-state index contributed by atoms with van der Waals surface area (Å²) in [6.45, 7) is 1.96. The van der Waals surface area contributed by atoms with Crippen molar-refractivity contribution < 1.29 is 4.79 Å². The number of nitrogens with zero attached hydrogens (tertiary/aromatic N) is 1. The van der Waals surface area contributed by atoms with Gasteiger partial charge in [-0.15, -0.1) is 0 Å². The Morgan fingerprint density at radius 3 is 3.10 bits per heavy atom. The van der Waals surface area contributed by atoms with Gasteiger partial charge in [0.2, 0.25) is 6.41 Å². The third-order valence-corrected chi connectivity index (χ3v) is 1.85. The summed E-state index contributed by atoms with van der Waals surface area (Å²) >= 11 is 0. The van der Waals surface area contributed by atoms with Crippen molar-refractivity contribution in [1.82, 2.24) is 10.2 Å². The van der Waals surface area contributed by atoms with Gasteiger partial charge in [0.25, 0.3) is 0 Å². The smallest absolute Gasteiger partial charge is 0.209 e. The maximum absolute atomic E-state index is 10.2.